The van der Waals surface area contributed by atoms with Gasteiger partial charge in [0.15, 0.2) is 17.1 Å². The number of anilines is 1. The summed E-state index contributed by atoms with van der Waals surface area (Å²) in [6.45, 7) is 8.54. The third-order valence-electron chi connectivity index (χ3n) is 7.46. The lowest BCUT2D eigenvalue weighted by Gasteiger charge is -2.33. The minimum atomic E-state index is -0.227. The fraction of sp³-hybridized carbons (Fsp3) is 0.300. The summed E-state index contributed by atoms with van der Waals surface area (Å²) in [7, 11) is 1.55. The van der Waals surface area contributed by atoms with Crippen molar-refractivity contribution in [3.63, 3.8) is 0 Å². The van der Waals surface area contributed by atoms with E-state index in [1.807, 2.05) is 22.9 Å². The number of piperidine rings is 1. The van der Waals surface area contributed by atoms with E-state index in [0.717, 1.165) is 31.2 Å². The molecule has 214 valence electrons. The first-order valence-electron chi connectivity index (χ1n) is 13.5. The van der Waals surface area contributed by atoms with Crippen molar-refractivity contribution in [3.05, 3.63) is 76.0 Å². The number of carbonyl (C=O) groups excluding carboxylic acids is 1. The number of fused-ring (bicyclic) bond motifs is 1. The number of benzene rings is 2. The van der Waals surface area contributed by atoms with Gasteiger partial charge in [0, 0.05) is 24.7 Å². The van der Waals surface area contributed by atoms with Gasteiger partial charge in [0.05, 0.1) is 35.2 Å². The lowest BCUT2D eigenvalue weighted by Crippen LogP contribution is -2.41. The summed E-state index contributed by atoms with van der Waals surface area (Å²) in [6, 6.07) is 10.3. The van der Waals surface area contributed by atoms with Crippen LogP contribution in [0.5, 0.6) is 17.2 Å². The number of rotatable bonds is 7. The number of allylic oxidation sites excluding steroid dienone is 1. The van der Waals surface area contributed by atoms with Gasteiger partial charge in [-0.15, -0.1) is 0 Å². The predicted octanol–water partition coefficient (Wildman–Crippen LogP) is 6.56. The van der Waals surface area contributed by atoms with Gasteiger partial charge in [-0.3, -0.25) is 4.79 Å². The topological polar surface area (TPSA) is 113 Å². The van der Waals surface area contributed by atoms with Crippen LogP contribution in [0.3, 0.4) is 0 Å². The van der Waals surface area contributed by atoms with Crippen LogP contribution < -0.4 is 15.2 Å². The molecular weight excluding hydrogens is 577 g/mol. The zero-order valence-electron chi connectivity index (χ0n) is 22.8. The zero-order chi connectivity index (χ0) is 29.4. The minimum absolute atomic E-state index is 0.152. The van der Waals surface area contributed by atoms with Gasteiger partial charge >= 0.3 is 0 Å². The van der Waals surface area contributed by atoms with Crippen molar-refractivity contribution < 1.29 is 14.3 Å². The second-order valence-corrected chi connectivity index (χ2v) is 11.2. The van der Waals surface area contributed by atoms with E-state index < -0.39 is 0 Å². The molecular formula is C30H27Cl2N7O3. The number of nitrogens with zero attached hydrogens (tertiary/aromatic N) is 6. The fourth-order valence-corrected chi connectivity index (χ4v) is 5.45. The summed E-state index contributed by atoms with van der Waals surface area (Å²) in [5, 5.41) is 6.38. The van der Waals surface area contributed by atoms with Gasteiger partial charge in [0.1, 0.15) is 23.6 Å². The third-order valence-corrected chi connectivity index (χ3v) is 8.20. The quantitative estimate of drug-likeness (QED) is 0.188. The van der Waals surface area contributed by atoms with Gasteiger partial charge in [0.25, 0.3) is 5.91 Å². The summed E-state index contributed by atoms with van der Waals surface area (Å²) in [4.78, 5) is 27.2. The molecule has 42 heavy (non-hydrogen) atoms. The zero-order valence-corrected chi connectivity index (χ0v) is 24.3. The molecule has 3 heterocycles. The van der Waals surface area contributed by atoms with Crippen molar-refractivity contribution in [2.24, 2.45) is 5.92 Å². The number of hydrogen-bond donors (Lipinski definition) is 1. The number of likely N-dealkylation sites (tertiary alicyclic amines) is 1. The Kier molecular flexibility index (Phi) is 7.62. The van der Waals surface area contributed by atoms with Crippen LogP contribution in [0.2, 0.25) is 10.0 Å². The SMILES string of the molecule is [C-]#[N+]C(=CC1CC1)C(=O)N1CCCC(n2nc(-c3ccc(Oc4ccc(Cl)c(Cl)c4)c(OC)c3)c3c(N)ncnc32)C1. The van der Waals surface area contributed by atoms with Crippen LogP contribution in [-0.4, -0.2) is 50.8 Å². The summed E-state index contributed by atoms with van der Waals surface area (Å²) < 4.78 is 13.5. The molecule has 0 bridgehead atoms. The molecule has 1 aliphatic carbocycles. The number of amides is 1. The van der Waals surface area contributed by atoms with E-state index in [4.69, 9.17) is 50.1 Å². The Morgan fingerprint density at radius 1 is 1.12 bits per heavy atom. The molecule has 0 radical (unpaired) electrons. The molecule has 1 atom stereocenters. The van der Waals surface area contributed by atoms with Crippen molar-refractivity contribution in [2.45, 2.75) is 31.7 Å². The molecule has 2 N–H and O–H groups in total. The number of hydrogen-bond acceptors (Lipinski definition) is 7. The third kappa shape index (κ3) is 5.45. The number of nitrogens with two attached hydrogens (primary N) is 1. The lowest BCUT2D eigenvalue weighted by molar-refractivity contribution is -0.128. The van der Waals surface area contributed by atoms with Crippen LogP contribution in [0.1, 0.15) is 31.7 Å². The fourth-order valence-electron chi connectivity index (χ4n) is 5.16. The first kappa shape index (κ1) is 27.8. The Bertz CT molecular complexity index is 1760. The van der Waals surface area contributed by atoms with Gasteiger partial charge in [-0.2, -0.15) is 5.10 Å². The Balaban J connectivity index is 1.33. The van der Waals surface area contributed by atoms with Crippen molar-refractivity contribution in [2.75, 3.05) is 25.9 Å². The van der Waals surface area contributed by atoms with E-state index >= 15 is 0 Å². The van der Waals surface area contributed by atoms with Gasteiger partial charge in [-0.1, -0.05) is 29.3 Å². The molecule has 1 saturated heterocycles. The Labute approximate surface area is 252 Å². The van der Waals surface area contributed by atoms with Crippen LogP contribution in [0.25, 0.3) is 27.1 Å². The molecule has 10 nitrogen and oxygen atoms in total. The Morgan fingerprint density at radius 3 is 2.69 bits per heavy atom. The van der Waals surface area contributed by atoms with E-state index in [9.17, 15) is 4.79 Å². The van der Waals surface area contributed by atoms with E-state index in [2.05, 4.69) is 14.8 Å². The van der Waals surface area contributed by atoms with Crippen molar-refractivity contribution in [1.29, 1.82) is 0 Å². The molecule has 1 amide bonds. The van der Waals surface area contributed by atoms with E-state index in [-0.39, 0.29) is 17.6 Å². The van der Waals surface area contributed by atoms with Crippen LogP contribution >= 0.6 is 23.2 Å². The molecule has 2 aromatic heterocycles. The lowest BCUT2D eigenvalue weighted by atomic mass is 10.1. The molecule has 4 aromatic rings. The molecule has 2 aromatic carbocycles. The smallest absolute Gasteiger partial charge is 0.252 e. The molecule has 2 fully saturated rings. The first-order chi connectivity index (χ1) is 20.4. The molecule has 0 spiro atoms. The summed E-state index contributed by atoms with van der Waals surface area (Å²) in [6.07, 6.45) is 6.86. The first-order valence-corrected chi connectivity index (χ1v) is 14.3. The largest absolute Gasteiger partial charge is 0.493 e. The number of halogens is 2. The molecule has 1 aliphatic heterocycles. The van der Waals surface area contributed by atoms with E-state index in [1.165, 1.54) is 6.33 Å². The molecule has 12 heteroatoms. The highest BCUT2D eigenvalue weighted by Gasteiger charge is 2.31. The maximum absolute atomic E-state index is 13.2. The van der Waals surface area contributed by atoms with E-state index in [1.54, 1.807) is 36.3 Å². The standard InChI is InChI=1S/C30H27Cl2N7O3/c1-34-23(12-17-5-6-17)30(40)38-11-3-4-19(15-38)39-29-26(28(33)35-16-36-29)27(37-39)18-7-10-24(25(13-18)41-2)42-20-8-9-21(31)22(32)14-20/h7-10,12-14,16-17,19H,3-6,11,15H2,2H3,(H2,33,35,36). The highest BCUT2D eigenvalue weighted by Crippen LogP contribution is 2.40. The summed E-state index contributed by atoms with van der Waals surface area (Å²) >= 11 is 12.2. The van der Waals surface area contributed by atoms with Gasteiger partial charge in [-0.05, 0) is 61.9 Å². The van der Waals surface area contributed by atoms with Crippen LogP contribution in [0.4, 0.5) is 5.82 Å². The van der Waals surface area contributed by atoms with Gasteiger partial charge in [-0.25, -0.2) is 19.5 Å². The number of methoxy groups -OCH3 is 1. The van der Waals surface area contributed by atoms with Crippen LogP contribution in [-0.2, 0) is 4.79 Å². The maximum Gasteiger partial charge on any atom is 0.252 e. The van der Waals surface area contributed by atoms with Crippen molar-refractivity contribution in [3.8, 4) is 28.5 Å². The Morgan fingerprint density at radius 2 is 1.95 bits per heavy atom. The summed E-state index contributed by atoms with van der Waals surface area (Å²) in [5.41, 5.74) is 8.45. The van der Waals surface area contributed by atoms with Gasteiger partial charge in [0.2, 0.25) is 5.70 Å². The minimum Gasteiger partial charge on any atom is -0.493 e. The molecule has 2 aliphatic rings. The van der Waals surface area contributed by atoms with Crippen molar-refractivity contribution >= 4 is 46.0 Å². The van der Waals surface area contributed by atoms with Crippen molar-refractivity contribution in [1.82, 2.24) is 24.6 Å². The van der Waals surface area contributed by atoms with E-state index in [0.29, 0.717) is 68.8 Å². The number of ether oxygens (including phenoxy) is 2. The second-order valence-electron chi connectivity index (χ2n) is 10.3. The number of carbonyl (C=O) groups is 1. The average Bonchev–Trinajstić information content (AvgIpc) is 3.74. The van der Waals surface area contributed by atoms with Crippen LogP contribution in [0, 0.1) is 12.5 Å². The molecule has 1 unspecified atom stereocenters. The Hall–Kier alpha value is -4.33. The highest BCUT2D eigenvalue weighted by molar-refractivity contribution is 6.42. The maximum atomic E-state index is 13.2. The number of nitrogen functional groups attached to an aromatic ring is 1. The average molecular weight is 604 g/mol. The summed E-state index contributed by atoms with van der Waals surface area (Å²) in [5.74, 6) is 1.86. The second kappa shape index (κ2) is 11.5. The highest BCUT2D eigenvalue weighted by atomic mass is 35.5. The molecule has 1 saturated carbocycles. The molecule has 6 rings (SSSR count). The predicted molar refractivity (Wildman–Crippen MR) is 161 cm³/mol. The van der Waals surface area contributed by atoms with Crippen LogP contribution in [0.15, 0.2) is 54.5 Å². The number of aromatic nitrogens is 4. The monoisotopic (exact) mass is 603 g/mol. The normalized spacial score (nSPS) is 17.2. The van der Waals surface area contributed by atoms with Gasteiger partial charge < -0.3 is 20.1 Å².